The van der Waals surface area contributed by atoms with Crippen molar-refractivity contribution in [2.75, 3.05) is 18.8 Å². The van der Waals surface area contributed by atoms with Gasteiger partial charge in [-0.3, -0.25) is 4.90 Å². The second-order valence-electron chi connectivity index (χ2n) is 5.88. The van der Waals surface area contributed by atoms with Crippen LogP contribution in [0.2, 0.25) is 0 Å². The van der Waals surface area contributed by atoms with Crippen LogP contribution < -0.4 is 10.5 Å². The van der Waals surface area contributed by atoms with Gasteiger partial charge >= 0.3 is 0 Å². The minimum atomic E-state index is -3.54. The van der Waals surface area contributed by atoms with Crippen LogP contribution in [0.15, 0.2) is 21.5 Å². The molecule has 2 heterocycles. The number of nitrogens with one attached hydrogen (secondary N) is 1. The molecule has 3 N–H and O–H groups in total. The van der Waals surface area contributed by atoms with Crippen molar-refractivity contribution in [3.8, 4) is 0 Å². The molecule has 2 aliphatic heterocycles. The molecule has 0 aliphatic carbocycles. The van der Waals surface area contributed by atoms with Crippen LogP contribution in [0.5, 0.6) is 0 Å². The summed E-state index contributed by atoms with van der Waals surface area (Å²) in [4.78, 5) is 2.65. The second kappa shape index (κ2) is 5.53. The first-order valence-electron chi connectivity index (χ1n) is 7.20. The highest BCUT2D eigenvalue weighted by atomic mass is 79.9. The van der Waals surface area contributed by atoms with Crippen LogP contribution in [-0.2, 0) is 10.0 Å². The van der Waals surface area contributed by atoms with Gasteiger partial charge in [-0.1, -0.05) is 15.9 Å². The Labute approximate surface area is 134 Å². The monoisotopic (exact) mass is 373 g/mol. The summed E-state index contributed by atoms with van der Waals surface area (Å²) in [6.07, 6.45) is 3.12. The molecule has 5 nitrogen and oxygen atoms in total. The Morgan fingerprint density at radius 1 is 1.33 bits per heavy atom. The minimum Gasteiger partial charge on any atom is -0.398 e. The molecule has 3 rings (SSSR count). The van der Waals surface area contributed by atoms with Gasteiger partial charge in [-0.2, -0.15) is 0 Å². The molecule has 7 heteroatoms. The van der Waals surface area contributed by atoms with Gasteiger partial charge in [0, 0.05) is 28.8 Å². The highest BCUT2D eigenvalue weighted by molar-refractivity contribution is 9.10. The zero-order valence-electron chi connectivity index (χ0n) is 12.0. The molecular formula is C14H20BrN3O2S. The summed E-state index contributed by atoms with van der Waals surface area (Å²) in [5, 5.41) is 0. The first-order valence-corrected chi connectivity index (χ1v) is 9.48. The summed E-state index contributed by atoms with van der Waals surface area (Å²) in [5.74, 6) is 0. The van der Waals surface area contributed by atoms with Crippen molar-refractivity contribution in [2.24, 2.45) is 0 Å². The van der Waals surface area contributed by atoms with Crippen molar-refractivity contribution in [3.63, 3.8) is 0 Å². The van der Waals surface area contributed by atoms with Gasteiger partial charge in [-0.15, -0.1) is 0 Å². The lowest BCUT2D eigenvalue weighted by Crippen LogP contribution is -2.42. The van der Waals surface area contributed by atoms with Gasteiger partial charge in [0.1, 0.15) is 0 Å². The van der Waals surface area contributed by atoms with Crippen LogP contribution in [0.25, 0.3) is 0 Å². The van der Waals surface area contributed by atoms with E-state index in [-0.39, 0.29) is 10.9 Å². The van der Waals surface area contributed by atoms with Crippen molar-refractivity contribution in [3.05, 3.63) is 22.2 Å². The average Bonchev–Trinajstić information content (AvgIpc) is 2.98. The Morgan fingerprint density at radius 2 is 2.10 bits per heavy atom. The number of benzene rings is 1. The molecule has 0 aromatic heterocycles. The fraction of sp³-hybridized carbons (Fsp3) is 0.571. The van der Waals surface area contributed by atoms with Gasteiger partial charge in [-0.25, -0.2) is 13.1 Å². The van der Waals surface area contributed by atoms with E-state index in [4.69, 9.17) is 5.73 Å². The van der Waals surface area contributed by atoms with Crippen LogP contribution in [0, 0.1) is 6.92 Å². The van der Waals surface area contributed by atoms with Crippen molar-refractivity contribution >= 4 is 31.6 Å². The van der Waals surface area contributed by atoms with Crippen molar-refractivity contribution < 1.29 is 8.42 Å². The van der Waals surface area contributed by atoms with E-state index in [0.717, 1.165) is 32.4 Å². The van der Waals surface area contributed by atoms with E-state index in [0.29, 0.717) is 21.8 Å². The van der Waals surface area contributed by atoms with Gasteiger partial charge in [0.15, 0.2) is 0 Å². The molecule has 2 fully saturated rings. The molecule has 0 saturated carbocycles. The SMILES string of the molecule is Cc1c(N)cc(Br)cc1S(=O)(=O)NC1CCN2CCCC12. The minimum absolute atomic E-state index is 0.0112. The van der Waals surface area contributed by atoms with E-state index in [1.807, 2.05) is 0 Å². The van der Waals surface area contributed by atoms with Crippen LogP contribution >= 0.6 is 15.9 Å². The van der Waals surface area contributed by atoms with E-state index < -0.39 is 10.0 Å². The fourth-order valence-electron chi connectivity index (χ4n) is 3.44. The number of nitrogen functional groups attached to an aromatic ring is 1. The van der Waals surface area contributed by atoms with Crippen molar-refractivity contribution in [1.82, 2.24) is 9.62 Å². The fourth-order valence-corrected chi connectivity index (χ4v) is 5.67. The van der Waals surface area contributed by atoms with E-state index in [9.17, 15) is 8.42 Å². The maximum Gasteiger partial charge on any atom is 0.241 e. The Morgan fingerprint density at radius 3 is 2.86 bits per heavy atom. The summed E-state index contributed by atoms with van der Waals surface area (Å²) in [6, 6.07) is 3.71. The molecule has 2 atom stereocenters. The maximum absolute atomic E-state index is 12.7. The number of hydrogen-bond donors (Lipinski definition) is 2. The highest BCUT2D eigenvalue weighted by Crippen LogP contribution is 2.31. The second-order valence-corrected chi connectivity index (χ2v) is 8.48. The molecule has 21 heavy (non-hydrogen) atoms. The zero-order chi connectivity index (χ0) is 15.2. The van der Waals surface area contributed by atoms with Crippen molar-refractivity contribution in [2.45, 2.75) is 43.2 Å². The predicted octanol–water partition coefficient (Wildman–Crippen LogP) is 1.85. The number of rotatable bonds is 3. The highest BCUT2D eigenvalue weighted by Gasteiger charge is 2.39. The number of nitrogens with zero attached hydrogens (tertiary/aromatic N) is 1. The largest absolute Gasteiger partial charge is 0.398 e. The lowest BCUT2D eigenvalue weighted by atomic mass is 10.1. The molecule has 2 saturated heterocycles. The number of sulfonamides is 1. The lowest BCUT2D eigenvalue weighted by molar-refractivity contribution is 0.309. The average molecular weight is 374 g/mol. The number of nitrogens with two attached hydrogens (primary N) is 1. The Bertz CT molecular complexity index is 662. The van der Waals surface area contributed by atoms with Crippen LogP contribution in [0.4, 0.5) is 5.69 Å². The molecular weight excluding hydrogens is 354 g/mol. The predicted molar refractivity (Wildman–Crippen MR) is 86.6 cm³/mol. The first-order chi connectivity index (χ1) is 9.88. The van der Waals surface area contributed by atoms with Gasteiger partial charge in [0.2, 0.25) is 10.0 Å². The molecule has 0 bridgehead atoms. The van der Waals surface area contributed by atoms with Crippen LogP contribution in [-0.4, -0.2) is 38.5 Å². The molecule has 0 amide bonds. The van der Waals surface area contributed by atoms with Gasteiger partial charge in [0.05, 0.1) is 4.90 Å². The number of fused-ring (bicyclic) bond motifs is 1. The third-order valence-electron chi connectivity index (χ3n) is 4.57. The normalized spacial score (nSPS) is 26.2. The quantitative estimate of drug-likeness (QED) is 0.792. The van der Waals surface area contributed by atoms with Crippen LogP contribution in [0.1, 0.15) is 24.8 Å². The summed E-state index contributed by atoms with van der Waals surface area (Å²) >= 11 is 3.32. The van der Waals surface area contributed by atoms with Gasteiger partial charge in [-0.05, 0) is 50.4 Å². The molecule has 2 unspecified atom stereocenters. The Balaban J connectivity index is 1.88. The van der Waals surface area contributed by atoms with E-state index in [2.05, 4.69) is 25.6 Å². The van der Waals surface area contributed by atoms with Gasteiger partial charge < -0.3 is 5.73 Å². The number of anilines is 1. The third kappa shape index (κ3) is 2.84. The smallest absolute Gasteiger partial charge is 0.241 e. The molecule has 0 radical (unpaired) electrons. The molecule has 0 spiro atoms. The lowest BCUT2D eigenvalue weighted by Gasteiger charge is -2.22. The Kier molecular flexibility index (Phi) is 4.02. The molecule has 1 aromatic carbocycles. The van der Waals surface area contributed by atoms with Crippen molar-refractivity contribution in [1.29, 1.82) is 0 Å². The van der Waals surface area contributed by atoms with E-state index in [1.165, 1.54) is 0 Å². The summed E-state index contributed by atoms with van der Waals surface area (Å²) in [5.41, 5.74) is 6.97. The topological polar surface area (TPSA) is 75.4 Å². The first kappa shape index (κ1) is 15.3. The standard InChI is InChI=1S/C14H20BrN3O2S/c1-9-11(16)7-10(15)8-14(9)21(19,20)17-12-4-6-18-5-2-3-13(12)18/h7-8,12-13,17H,2-6,16H2,1H3. The van der Waals surface area contributed by atoms with E-state index >= 15 is 0 Å². The summed E-state index contributed by atoms with van der Waals surface area (Å²) in [6.45, 7) is 3.82. The van der Waals surface area contributed by atoms with Crippen LogP contribution in [0.3, 0.4) is 0 Å². The zero-order valence-corrected chi connectivity index (χ0v) is 14.4. The number of hydrogen-bond acceptors (Lipinski definition) is 4. The van der Waals surface area contributed by atoms with Gasteiger partial charge in [0.25, 0.3) is 0 Å². The molecule has 116 valence electrons. The maximum atomic E-state index is 12.7. The Hall–Kier alpha value is -0.630. The summed E-state index contributed by atoms with van der Waals surface area (Å²) in [7, 11) is -3.54. The summed E-state index contributed by atoms with van der Waals surface area (Å²) < 4.78 is 29.0. The van der Waals surface area contributed by atoms with E-state index in [1.54, 1.807) is 19.1 Å². The number of halogens is 1. The molecule has 2 aliphatic rings. The third-order valence-corrected chi connectivity index (χ3v) is 6.64. The molecule has 1 aromatic rings.